The maximum Gasteiger partial charge on any atom is 0.339 e. The lowest BCUT2D eigenvalue weighted by Crippen LogP contribution is -2.14. The summed E-state index contributed by atoms with van der Waals surface area (Å²) in [6, 6.07) is 11.4. The molecule has 0 amide bonds. The molecule has 0 unspecified atom stereocenters. The Morgan fingerprint density at radius 1 is 1.18 bits per heavy atom. The van der Waals surface area contributed by atoms with Gasteiger partial charge >= 0.3 is 5.97 Å². The first-order chi connectivity index (χ1) is 8.27. The van der Waals surface area contributed by atoms with Crippen LogP contribution in [0.5, 0.6) is 0 Å². The summed E-state index contributed by atoms with van der Waals surface area (Å²) in [4.78, 5) is 10.8. The Labute approximate surface area is 98.9 Å². The van der Waals surface area contributed by atoms with Crippen LogP contribution in [0.3, 0.4) is 0 Å². The fourth-order valence-electron chi connectivity index (χ4n) is 1.58. The van der Waals surface area contributed by atoms with Gasteiger partial charge in [0.1, 0.15) is 11.3 Å². The van der Waals surface area contributed by atoms with Gasteiger partial charge in [0.2, 0.25) is 0 Å². The van der Waals surface area contributed by atoms with Gasteiger partial charge in [-0.1, -0.05) is 30.3 Å². The van der Waals surface area contributed by atoms with Gasteiger partial charge in [0.25, 0.3) is 0 Å². The van der Waals surface area contributed by atoms with E-state index in [2.05, 4.69) is 5.32 Å². The minimum Gasteiger partial charge on any atom is -0.478 e. The second-order valence-corrected chi connectivity index (χ2v) is 3.65. The maximum atomic E-state index is 10.8. The minimum atomic E-state index is -0.963. The molecule has 2 rings (SSSR count). The second kappa shape index (κ2) is 5.32. The predicted octanol–water partition coefficient (Wildman–Crippen LogP) is 2.27. The number of carboxylic acids is 1. The zero-order chi connectivity index (χ0) is 12.1. The van der Waals surface area contributed by atoms with Crippen LogP contribution in [0.15, 0.2) is 47.1 Å². The van der Waals surface area contributed by atoms with Crippen molar-refractivity contribution in [1.29, 1.82) is 0 Å². The second-order valence-electron chi connectivity index (χ2n) is 3.65. The van der Waals surface area contributed by atoms with Crippen molar-refractivity contribution in [2.45, 2.75) is 13.1 Å². The van der Waals surface area contributed by atoms with Gasteiger partial charge in [-0.25, -0.2) is 4.79 Å². The third-order valence-electron chi connectivity index (χ3n) is 2.43. The van der Waals surface area contributed by atoms with Crippen LogP contribution in [-0.4, -0.2) is 11.1 Å². The highest BCUT2D eigenvalue weighted by atomic mass is 16.4. The molecule has 17 heavy (non-hydrogen) atoms. The van der Waals surface area contributed by atoms with Crippen molar-refractivity contribution in [2.24, 2.45) is 0 Å². The Bertz CT molecular complexity index is 490. The van der Waals surface area contributed by atoms with Crippen LogP contribution in [0, 0.1) is 0 Å². The van der Waals surface area contributed by atoms with E-state index in [0.29, 0.717) is 18.8 Å². The third-order valence-corrected chi connectivity index (χ3v) is 2.43. The average molecular weight is 231 g/mol. The molecule has 2 aromatic rings. The number of hydrogen-bond donors (Lipinski definition) is 2. The molecule has 2 N–H and O–H groups in total. The van der Waals surface area contributed by atoms with E-state index in [0.717, 1.165) is 5.56 Å². The molecule has 1 aromatic carbocycles. The molecule has 1 heterocycles. The van der Waals surface area contributed by atoms with E-state index in [-0.39, 0.29) is 5.56 Å². The van der Waals surface area contributed by atoms with Gasteiger partial charge in [0.15, 0.2) is 0 Å². The van der Waals surface area contributed by atoms with Crippen molar-refractivity contribution < 1.29 is 14.3 Å². The zero-order valence-electron chi connectivity index (χ0n) is 9.22. The monoisotopic (exact) mass is 231 g/mol. The third kappa shape index (κ3) is 2.95. The summed E-state index contributed by atoms with van der Waals surface area (Å²) in [5.74, 6) is -0.510. The van der Waals surface area contributed by atoms with E-state index in [4.69, 9.17) is 9.52 Å². The predicted molar refractivity (Wildman–Crippen MR) is 62.7 cm³/mol. The summed E-state index contributed by atoms with van der Waals surface area (Å²) in [6.07, 6.45) is 1.39. The number of nitrogens with one attached hydrogen (secondary N) is 1. The molecule has 1 aromatic heterocycles. The van der Waals surface area contributed by atoms with Crippen molar-refractivity contribution in [3.63, 3.8) is 0 Å². The molecule has 0 spiro atoms. The summed E-state index contributed by atoms with van der Waals surface area (Å²) in [5.41, 5.74) is 1.36. The Morgan fingerprint density at radius 3 is 2.65 bits per heavy atom. The molecule has 0 fully saturated rings. The molecule has 0 saturated heterocycles. The molecule has 0 saturated carbocycles. The summed E-state index contributed by atoms with van der Waals surface area (Å²) >= 11 is 0. The van der Waals surface area contributed by atoms with Gasteiger partial charge in [-0.15, -0.1) is 0 Å². The number of hydrogen-bond acceptors (Lipinski definition) is 3. The van der Waals surface area contributed by atoms with E-state index in [1.165, 1.54) is 12.3 Å². The van der Waals surface area contributed by atoms with Gasteiger partial charge < -0.3 is 14.8 Å². The summed E-state index contributed by atoms with van der Waals surface area (Å²) in [6.45, 7) is 1.09. The van der Waals surface area contributed by atoms with Gasteiger partial charge in [-0.2, -0.15) is 0 Å². The standard InChI is InChI=1S/C13H13NO3/c15-13(16)11-6-7-17-12(11)9-14-8-10-4-2-1-3-5-10/h1-7,14H,8-9H2,(H,15,16). The number of carboxylic acid groups (broad SMARTS) is 1. The number of aromatic carboxylic acids is 1. The molecule has 0 bridgehead atoms. The van der Waals surface area contributed by atoms with Gasteiger partial charge in [-0.3, -0.25) is 0 Å². The van der Waals surface area contributed by atoms with Crippen molar-refractivity contribution in [3.05, 3.63) is 59.5 Å². The molecule has 0 aliphatic heterocycles. The van der Waals surface area contributed by atoms with E-state index in [1.807, 2.05) is 30.3 Å². The number of furan rings is 1. The molecular weight excluding hydrogens is 218 g/mol. The Morgan fingerprint density at radius 2 is 1.94 bits per heavy atom. The summed E-state index contributed by atoms with van der Waals surface area (Å²) < 4.78 is 5.12. The van der Waals surface area contributed by atoms with Crippen molar-refractivity contribution in [3.8, 4) is 0 Å². The number of carbonyl (C=O) groups is 1. The number of rotatable bonds is 5. The lowest BCUT2D eigenvalue weighted by Gasteiger charge is -2.03. The van der Waals surface area contributed by atoms with Gasteiger partial charge in [0, 0.05) is 6.54 Å². The topological polar surface area (TPSA) is 62.5 Å². The van der Waals surface area contributed by atoms with Crippen molar-refractivity contribution in [2.75, 3.05) is 0 Å². The molecule has 4 nitrogen and oxygen atoms in total. The van der Waals surface area contributed by atoms with Crippen LogP contribution in [0.1, 0.15) is 21.7 Å². The van der Waals surface area contributed by atoms with E-state index < -0.39 is 5.97 Å². The quantitative estimate of drug-likeness (QED) is 0.828. The summed E-state index contributed by atoms with van der Waals surface area (Å²) in [7, 11) is 0. The highest BCUT2D eigenvalue weighted by molar-refractivity contribution is 5.88. The zero-order valence-corrected chi connectivity index (χ0v) is 9.22. The lowest BCUT2D eigenvalue weighted by molar-refractivity contribution is 0.0694. The van der Waals surface area contributed by atoms with Crippen LogP contribution in [0.25, 0.3) is 0 Å². The van der Waals surface area contributed by atoms with Crippen LogP contribution < -0.4 is 5.32 Å². The SMILES string of the molecule is O=C(O)c1ccoc1CNCc1ccccc1. The van der Waals surface area contributed by atoms with Crippen molar-refractivity contribution >= 4 is 5.97 Å². The maximum absolute atomic E-state index is 10.8. The Balaban J connectivity index is 1.90. The highest BCUT2D eigenvalue weighted by Crippen LogP contribution is 2.10. The molecular formula is C13H13NO3. The number of benzene rings is 1. The minimum absolute atomic E-state index is 0.213. The van der Waals surface area contributed by atoms with Crippen molar-refractivity contribution in [1.82, 2.24) is 5.32 Å². The molecule has 0 aliphatic rings. The molecule has 0 aliphatic carbocycles. The highest BCUT2D eigenvalue weighted by Gasteiger charge is 2.12. The molecule has 88 valence electrons. The average Bonchev–Trinajstić information content (AvgIpc) is 2.79. The van der Waals surface area contributed by atoms with Crippen LogP contribution in [0.2, 0.25) is 0 Å². The lowest BCUT2D eigenvalue weighted by atomic mass is 10.2. The fraction of sp³-hybridized carbons (Fsp3) is 0.154. The summed E-state index contributed by atoms with van der Waals surface area (Å²) in [5, 5.41) is 12.0. The van der Waals surface area contributed by atoms with Gasteiger partial charge in [0.05, 0.1) is 12.8 Å². The van der Waals surface area contributed by atoms with E-state index >= 15 is 0 Å². The first-order valence-corrected chi connectivity index (χ1v) is 5.31. The molecule has 0 atom stereocenters. The Kier molecular flexibility index (Phi) is 3.57. The van der Waals surface area contributed by atoms with Crippen LogP contribution in [-0.2, 0) is 13.1 Å². The smallest absolute Gasteiger partial charge is 0.339 e. The normalized spacial score (nSPS) is 10.4. The largest absolute Gasteiger partial charge is 0.478 e. The first-order valence-electron chi connectivity index (χ1n) is 5.31. The van der Waals surface area contributed by atoms with Crippen LogP contribution in [0.4, 0.5) is 0 Å². The van der Waals surface area contributed by atoms with E-state index in [9.17, 15) is 4.79 Å². The molecule has 4 heteroatoms. The van der Waals surface area contributed by atoms with Crippen LogP contribution >= 0.6 is 0 Å². The fourth-order valence-corrected chi connectivity index (χ4v) is 1.58. The first kappa shape index (κ1) is 11.4. The molecule has 0 radical (unpaired) electrons. The van der Waals surface area contributed by atoms with E-state index in [1.54, 1.807) is 0 Å². The van der Waals surface area contributed by atoms with Gasteiger partial charge in [-0.05, 0) is 11.6 Å². The Hall–Kier alpha value is -2.07.